The fourth-order valence-electron chi connectivity index (χ4n) is 3.65. The third-order valence-corrected chi connectivity index (χ3v) is 5.74. The van der Waals surface area contributed by atoms with Crippen molar-refractivity contribution in [1.82, 2.24) is 0 Å². The zero-order valence-electron chi connectivity index (χ0n) is 17.9. The zero-order valence-corrected chi connectivity index (χ0v) is 17.9. The number of ether oxygens (including phenoxy) is 4. The molecule has 2 heterocycles. The van der Waals surface area contributed by atoms with Gasteiger partial charge in [-0.1, -0.05) is 0 Å². The predicted molar refractivity (Wildman–Crippen MR) is 103 cm³/mol. The average molecular weight is 506 g/mol. The Morgan fingerprint density at radius 3 is 1.68 bits per heavy atom. The summed E-state index contributed by atoms with van der Waals surface area (Å²) >= 11 is 0. The molecule has 0 bridgehead atoms. The SMILES string of the molecule is OC[C@@H](O)[C@@H](O[C@H]1O[C@H](CO)[C@@H](O[C@H]2O[C@H](CO)[C@@H](O)[C@H](O)[C@H]2O)[C@@H](O)[C@H]1O)[C@H](O)[C@@H](O)CO. The minimum absolute atomic E-state index is 0.757. The van der Waals surface area contributed by atoms with Gasteiger partial charge in [0.05, 0.1) is 26.4 Å². The van der Waals surface area contributed by atoms with E-state index >= 15 is 0 Å². The van der Waals surface area contributed by atoms with Gasteiger partial charge in [-0.25, -0.2) is 0 Å². The van der Waals surface area contributed by atoms with Crippen LogP contribution in [0.15, 0.2) is 0 Å². The minimum atomic E-state index is -1.98. The molecule has 0 unspecified atom stereocenters. The van der Waals surface area contributed by atoms with Crippen molar-refractivity contribution in [2.45, 2.75) is 85.8 Å². The summed E-state index contributed by atoms with van der Waals surface area (Å²) in [7, 11) is 0. The van der Waals surface area contributed by atoms with Gasteiger partial charge in [0.1, 0.15) is 73.2 Å². The van der Waals surface area contributed by atoms with Crippen molar-refractivity contribution < 1.29 is 80.2 Å². The molecule has 202 valence electrons. The van der Waals surface area contributed by atoms with Crippen molar-refractivity contribution in [3.8, 4) is 0 Å². The van der Waals surface area contributed by atoms with Crippen molar-refractivity contribution in [3.05, 3.63) is 0 Å². The van der Waals surface area contributed by atoms with Crippen LogP contribution in [0.2, 0.25) is 0 Å². The number of aliphatic hydroxyl groups is 12. The first-order valence-corrected chi connectivity index (χ1v) is 10.5. The lowest BCUT2D eigenvalue weighted by molar-refractivity contribution is -0.367. The smallest absolute Gasteiger partial charge is 0.187 e. The van der Waals surface area contributed by atoms with E-state index in [2.05, 4.69) is 0 Å². The summed E-state index contributed by atoms with van der Waals surface area (Å²) in [5, 5.41) is 118. The first kappa shape index (κ1) is 29.6. The van der Waals surface area contributed by atoms with Gasteiger partial charge in [0.25, 0.3) is 0 Å². The number of rotatable bonds is 11. The Hall–Kier alpha value is -0.640. The molecule has 16 nitrogen and oxygen atoms in total. The molecule has 2 saturated heterocycles. The second-order valence-electron chi connectivity index (χ2n) is 8.10. The zero-order chi connectivity index (χ0) is 25.7. The van der Waals surface area contributed by atoms with Crippen LogP contribution in [0.1, 0.15) is 0 Å². The third-order valence-electron chi connectivity index (χ3n) is 5.74. The fraction of sp³-hybridized carbons (Fsp3) is 1.00. The van der Waals surface area contributed by atoms with Crippen LogP contribution in [-0.4, -0.2) is 174 Å². The Morgan fingerprint density at radius 2 is 1.15 bits per heavy atom. The molecule has 2 aliphatic rings. The Labute approximate surface area is 193 Å². The van der Waals surface area contributed by atoms with Crippen molar-refractivity contribution in [1.29, 1.82) is 0 Å². The molecule has 0 aliphatic carbocycles. The molecule has 2 rings (SSSR count). The van der Waals surface area contributed by atoms with E-state index in [-0.39, 0.29) is 0 Å². The van der Waals surface area contributed by atoms with Gasteiger partial charge in [0.15, 0.2) is 12.6 Å². The van der Waals surface area contributed by atoms with E-state index < -0.39 is 112 Å². The normalized spacial score (nSPS) is 42.7. The molecule has 16 heteroatoms. The van der Waals surface area contributed by atoms with Gasteiger partial charge in [-0.3, -0.25) is 0 Å². The van der Waals surface area contributed by atoms with E-state index in [1.807, 2.05) is 0 Å². The number of hydrogen-bond acceptors (Lipinski definition) is 16. The molecular weight excluding hydrogens is 472 g/mol. The average Bonchev–Trinajstić information content (AvgIpc) is 2.84. The van der Waals surface area contributed by atoms with Gasteiger partial charge >= 0.3 is 0 Å². The third kappa shape index (κ3) is 6.37. The summed E-state index contributed by atoms with van der Waals surface area (Å²) in [6.07, 6.45) is -24.7. The highest BCUT2D eigenvalue weighted by molar-refractivity contribution is 4.95. The molecule has 34 heavy (non-hydrogen) atoms. The maximum absolute atomic E-state index is 10.6. The van der Waals surface area contributed by atoms with Gasteiger partial charge in [-0.15, -0.1) is 0 Å². The molecule has 0 spiro atoms. The Bertz CT molecular complexity index is 594. The lowest BCUT2D eigenvalue weighted by Gasteiger charge is -2.46. The summed E-state index contributed by atoms with van der Waals surface area (Å²) in [4.78, 5) is 0. The highest BCUT2D eigenvalue weighted by atomic mass is 16.7. The van der Waals surface area contributed by atoms with Crippen LogP contribution in [0.25, 0.3) is 0 Å². The van der Waals surface area contributed by atoms with Gasteiger partial charge < -0.3 is 80.2 Å². The molecule has 0 aromatic heterocycles. The van der Waals surface area contributed by atoms with Crippen LogP contribution in [0.4, 0.5) is 0 Å². The standard InChI is InChI=1S/C18H34O16/c19-1-5(23)9(25)15(6(24)2-20)33-18-14(30)12(28)16(8(4-22)32-18)34-17-13(29)11(27)10(26)7(3-21)31-17/h5-30H,1-4H2/t5-,6+,7+,8+,9+,10+,11-,12-,13+,14+,15+,16+,17+,18+/m0/s1. The van der Waals surface area contributed by atoms with Crippen LogP contribution in [0, 0.1) is 0 Å². The predicted octanol–water partition coefficient (Wildman–Crippen LogP) is -7.94. The monoisotopic (exact) mass is 506 g/mol. The topological polar surface area (TPSA) is 280 Å². The highest BCUT2D eigenvalue weighted by Gasteiger charge is 2.51. The van der Waals surface area contributed by atoms with Gasteiger partial charge in [-0.2, -0.15) is 0 Å². The Kier molecular flexibility index (Phi) is 11.4. The molecule has 14 atom stereocenters. The van der Waals surface area contributed by atoms with Crippen LogP contribution >= 0.6 is 0 Å². The maximum Gasteiger partial charge on any atom is 0.187 e. The summed E-state index contributed by atoms with van der Waals surface area (Å²) in [6, 6.07) is 0. The van der Waals surface area contributed by atoms with E-state index in [9.17, 15) is 56.2 Å². The molecule has 0 amide bonds. The summed E-state index contributed by atoms with van der Waals surface area (Å²) < 4.78 is 21.2. The van der Waals surface area contributed by atoms with E-state index in [0.29, 0.717) is 0 Å². The molecule has 0 aromatic carbocycles. The van der Waals surface area contributed by atoms with Crippen molar-refractivity contribution >= 4 is 0 Å². The molecule has 2 fully saturated rings. The highest BCUT2D eigenvalue weighted by Crippen LogP contribution is 2.30. The van der Waals surface area contributed by atoms with Gasteiger partial charge in [0.2, 0.25) is 0 Å². The number of aliphatic hydroxyl groups excluding tert-OH is 12. The van der Waals surface area contributed by atoms with E-state index in [1.54, 1.807) is 0 Å². The van der Waals surface area contributed by atoms with E-state index in [4.69, 9.17) is 24.1 Å². The quantitative estimate of drug-likeness (QED) is 0.124. The van der Waals surface area contributed by atoms with Crippen LogP contribution in [0.3, 0.4) is 0 Å². The number of hydrogen-bond donors (Lipinski definition) is 12. The van der Waals surface area contributed by atoms with Crippen LogP contribution in [0.5, 0.6) is 0 Å². The molecule has 0 radical (unpaired) electrons. The van der Waals surface area contributed by atoms with E-state index in [0.717, 1.165) is 0 Å². The van der Waals surface area contributed by atoms with Crippen molar-refractivity contribution in [3.63, 3.8) is 0 Å². The summed E-state index contributed by atoms with van der Waals surface area (Å²) in [6.45, 7) is -3.52. The molecular formula is C18H34O16. The lowest BCUT2D eigenvalue weighted by Crippen LogP contribution is -2.65. The van der Waals surface area contributed by atoms with Crippen molar-refractivity contribution in [2.24, 2.45) is 0 Å². The van der Waals surface area contributed by atoms with Gasteiger partial charge in [0, 0.05) is 0 Å². The first-order chi connectivity index (χ1) is 16.0. The molecule has 2 aliphatic heterocycles. The summed E-state index contributed by atoms with van der Waals surface area (Å²) in [5.41, 5.74) is 0. The minimum Gasteiger partial charge on any atom is -0.394 e. The van der Waals surface area contributed by atoms with Crippen LogP contribution < -0.4 is 0 Å². The molecule has 12 N–H and O–H groups in total. The largest absolute Gasteiger partial charge is 0.394 e. The lowest BCUT2D eigenvalue weighted by atomic mass is 9.96. The summed E-state index contributed by atoms with van der Waals surface area (Å²) in [5.74, 6) is 0. The fourth-order valence-corrected chi connectivity index (χ4v) is 3.65. The van der Waals surface area contributed by atoms with Gasteiger partial charge in [-0.05, 0) is 0 Å². The first-order valence-electron chi connectivity index (χ1n) is 10.5. The second kappa shape index (κ2) is 13.1. The van der Waals surface area contributed by atoms with E-state index in [1.165, 1.54) is 0 Å². The van der Waals surface area contributed by atoms with Crippen molar-refractivity contribution in [2.75, 3.05) is 26.4 Å². The molecule has 0 saturated carbocycles. The Balaban J connectivity index is 2.17. The second-order valence-corrected chi connectivity index (χ2v) is 8.10. The Morgan fingerprint density at radius 1 is 0.618 bits per heavy atom. The molecule has 0 aromatic rings. The maximum atomic E-state index is 10.6. The van der Waals surface area contributed by atoms with Crippen LogP contribution in [-0.2, 0) is 18.9 Å².